The average molecular weight is 242 g/mol. The van der Waals surface area contributed by atoms with Crippen molar-refractivity contribution in [1.82, 2.24) is 10.1 Å². The first kappa shape index (κ1) is 13.6. The Morgan fingerprint density at radius 2 is 2.24 bits per heavy atom. The molecule has 0 aliphatic carbocycles. The Balaban J connectivity index is 2.83. The number of ether oxygens (including phenoxy) is 1. The first-order chi connectivity index (χ1) is 7.90. The fourth-order valence-electron chi connectivity index (χ4n) is 1.39. The van der Waals surface area contributed by atoms with E-state index in [1.54, 1.807) is 6.92 Å². The van der Waals surface area contributed by atoms with Crippen LogP contribution in [0.3, 0.4) is 0 Å². The predicted molar refractivity (Wildman–Crippen MR) is 59.3 cm³/mol. The number of aromatic nitrogens is 2. The molecule has 0 saturated heterocycles. The Bertz CT molecular complexity index is 389. The number of methoxy groups -OCH3 is 1. The van der Waals surface area contributed by atoms with Crippen molar-refractivity contribution in [2.75, 3.05) is 7.11 Å². The van der Waals surface area contributed by atoms with Gasteiger partial charge in [-0.25, -0.2) is 0 Å². The van der Waals surface area contributed by atoms with E-state index in [1.807, 2.05) is 13.8 Å². The summed E-state index contributed by atoms with van der Waals surface area (Å²) in [6, 6.07) is 0. The third kappa shape index (κ3) is 3.03. The zero-order chi connectivity index (χ0) is 13.1. The van der Waals surface area contributed by atoms with Crippen molar-refractivity contribution in [3.63, 3.8) is 0 Å². The van der Waals surface area contributed by atoms with Crippen LogP contribution in [0.25, 0.3) is 0 Å². The minimum atomic E-state index is -0.906. The van der Waals surface area contributed by atoms with Gasteiger partial charge in [-0.3, -0.25) is 4.79 Å². The lowest BCUT2D eigenvalue weighted by atomic mass is 9.76. The van der Waals surface area contributed by atoms with Crippen molar-refractivity contribution >= 4 is 5.97 Å². The van der Waals surface area contributed by atoms with Gasteiger partial charge in [-0.1, -0.05) is 19.0 Å². The van der Waals surface area contributed by atoms with Crippen LogP contribution in [0.4, 0.5) is 0 Å². The summed E-state index contributed by atoms with van der Waals surface area (Å²) in [6.45, 7) is 5.66. The van der Waals surface area contributed by atoms with E-state index < -0.39 is 11.4 Å². The van der Waals surface area contributed by atoms with Crippen molar-refractivity contribution in [3.8, 4) is 0 Å². The first-order valence-electron chi connectivity index (χ1n) is 5.44. The van der Waals surface area contributed by atoms with Crippen LogP contribution in [0, 0.1) is 11.3 Å². The van der Waals surface area contributed by atoms with E-state index in [9.17, 15) is 9.90 Å². The largest absolute Gasteiger partial charge is 0.481 e. The van der Waals surface area contributed by atoms with Gasteiger partial charge in [0.25, 0.3) is 0 Å². The van der Waals surface area contributed by atoms with Crippen LogP contribution in [0.1, 0.15) is 32.5 Å². The smallest absolute Gasteiger partial charge is 0.310 e. The summed E-state index contributed by atoms with van der Waals surface area (Å²) in [5.74, 6) is -0.133. The molecular weight excluding hydrogens is 224 g/mol. The van der Waals surface area contributed by atoms with Crippen LogP contribution in [0.2, 0.25) is 0 Å². The molecule has 0 aliphatic heterocycles. The van der Waals surface area contributed by atoms with Crippen LogP contribution in [0.15, 0.2) is 4.52 Å². The molecule has 17 heavy (non-hydrogen) atoms. The molecule has 1 aromatic heterocycles. The quantitative estimate of drug-likeness (QED) is 0.813. The minimum Gasteiger partial charge on any atom is -0.481 e. The van der Waals surface area contributed by atoms with E-state index in [0.717, 1.165) is 0 Å². The molecule has 0 saturated carbocycles. The minimum absolute atomic E-state index is 0.0298. The van der Waals surface area contributed by atoms with Gasteiger partial charge in [-0.2, -0.15) is 4.98 Å². The Kier molecular flexibility index (Phi) is 4.22. The van der Waals surface area contributed by atoms with Crippen LogP contribution in [-0.4, -0.2) is 28.3 Å². The molecule has 1 N–H and O–H groups in total. The highest BCUT2D eigenvalue weighted by atomic mass is 16.5. The Hall–Kier alpha value is -1.43. The highest BCUT2D eigenvalue weighted by molar-refractivity contribution is 5.74. The molecule has 0 aromatic carbocycles. The number of carbonyl (C=O) groups is 1. The van der Waals surface area contributed by atoms with E-state index in [-0.39, 0.29) is 18.9 Å². The SMILES string of the molecule is COCc1noc(CC(C)(C(=O)O)C(C)C)n1. The van der Waals surface area contributed by atoms with Gasteiger partial charge in [0.05, 0.1) is 5.41 Å². The number of hydrogen-bond acceptors (Lipinski definition) is 5. The standard InChI is InChI=1S/C11H18N2O4/c1-7(2)11(3,10(14)15)5-9-12-8(6-16-4)13-17-9/h7H,5-6H2,1-4H3,(H,14,15). The van der Waals surface area contributed by atoms with Gasteiger partial charge in [-0.15, -0.1) is 0 Å². The molecule has 0 amide bonds. The van der Waals surface area contributed by atoms with Crippen molar-refractivity contribution in [2.45, 2.75) is 33.8 Å². The Morgan fingerprint density at radius 3 is 2.71 bits per heavy atom. The monoisotopic (exact) mass is 242 g/mol. The van der Waals surface area contributed by atoms with Gasteiger partial charge in [0.2, 0.25) is 5.89 Å². The van der Waals surface area contributed by atoms with Gasteiger partial charge in [0.1, 0.15) is 6.61 Å². The summed E-state index contributed by atoms with van der Waals surface area (Å²) in [7, 11) is 1.53. The predicted octanol–water partition coefficient (Wildman–Crippen LogP) is 1.51. The van der Waals surface area contributed by atoms with Gasteiger partial charge in [0, 0.05) is 13.5 Å². The second kappa shape index (κ2) is 5.27. The second-order valence-electron chi connectivity index (χ2n) is 4.59. The summed E-state index contributed by atoms with van der Waals surface area (Å²) >= 11 is 0. The summed E-state index contributed by atoms with van der Waals surface area (Å²) in [5, 5.41) is 13.0. The van der Waals surface area contributed by atoms with Crippen molar-refractivity contribution in [2.24, 2.45) is 11.3 Å². The molecule has 1 aromatic rings. The van der Waals surface area contributed by atoms with E-state index in [1.165, 1.54) is 7.11 Å². The fourth-order valence-corrected chi connectivity index (χ4v) is 1.39. The highest BCUT2D eigenvalue weighted by Gasteiger charge is 2.38. The second-order valence-corrected chi connectivity index (χ2v) is 4.59. The normalized spacial score (nSPS) is 14.9. The Morgan fingerprint density at radius 1 is 1.59 bits per heavy atom. The summed E-state index contributed by atoms with van der Waals surface area (Å²) in [5.41, 5.74) is -0.906. The van der Waals surface area contributed by atoms with Gasteiger partial charge in [-0.05, 0) is 12.8 Å². The molecule has 0 fully saturated rings. The lowest BCUT2D eigenvalue weighted by Crippen LogP contribution is -2.35. The molecule has 0 radical (unpaired) electrons. The lowest BCUT2D eigenvalue weighted by Gasteiger charge is -2.27. The first-order valence-corrected chi connectivity index (χ1v) is 5.44. The molecule has 6 heteroatoms. The van der Waals surface area contributed by atoms with Crippen LogP contribution in [0.5, 0.6) is 0 Å². The van der Waals surface area contributed by atoms with E-state index in [2.05, 4.69) is 10.1 Å². The maximum atomic E-state index is 11.3. The van der Waals surface area contributed by atoms with Gasteiger partial charge < -0.3 is 14.4 Å². The molecule has 96 valence electrons. The molecule has 1 heterocycles. The molecule has 0 bridgehead atoms. The topological polar surface area (TPSA) is 85.5 Å². The molecule has 6 nitrogen and oxygen atoms in total. The number of hydrogen-bond donors (Lipinski definition) is 1. The van der Waals surface area contributed by atoms with Crippen molar-refractivity contribution < 1.29 is 19.2 Å². The van der Waals surface area contributed by atoms with Crippen LogP contribution >= 0.6 is 0 Å². The number of carboxylic acids is 1. The van der Waals surface area contributed by atoms with Crippen molar-refractivity contribution in [1.29, 1.82) is 0 Å². The number of nitrogens with zero attached hydrogens (tertiary/aromatic N) is 2. The number of rotatable bonds is 6. The maximum Gasteiger partial charge on any atom is 0.310 e. The third-order valence-corrected chi connectivity index (χ3v) is 3.06. The summed E-state index contributed by atoms with van der Waals surface area (Å²) < 4.78 is 9.87. The molecule has 0 spiro atoms. The van der Waals surface area contributed by atoms with E-state index >= 15 is 0 Å². The number of carboxylic acid groups (broad SMARTS) is 1. The van der Waals surface area contributed by atoms with Gasteiger partial charge >= 0.3 is 5.97 Å². The third-order valence-electron chi connectivity index (χ3n) is 3.06. The maximum absolute atomic E-state index is 11.3. The van der Waals surface area contributed by atoms with E-state index in [4.69, 9.17) is 9.26 Å². The summed E-state index contributed by atoms with van der Waals surface area (Å²) in [6.07, 6.45) is 0.219. The summed E-state index contributed by atoms with van der Waals surface area (Å²) in [4.78, 5) is 15.4. The highest BCUT2D eigenvalue weighted by Crippen LogP contribution is 2.31. The van der Waals surface area contributed by atoms with E-state index in [0.29, 0.717) is 11.7 Å². The van der Waals surface area contributed by atoms with Crippen LogP contribution in [-0.2, 0) is 22.6 Å². The molecule has 1 unspecified atom stereocenters. The van der Waals surface area contributed by atoms with Gasteiger partial charge in [0.15, 0.2) is 5.82 Å². The fraction of sp³-hybridized carbons (Fsp3) is 0.727. The Labute approximate surface area is 100.0 Å². The molecule has 1 atom stereocenters. The van der Waals surface area contributed by atoms with Crippen molar-refractivity contribution in [3.05, 3.63) is 11.7 Å². The number of aliphatic carboxylic acids is 1. The average Bonchev–Trinajstić information content (AvgIpc) is 2.65. The zero-order valence-corrected chi connectivity index (χ0v) is 10.6. The zero-order valence-electron chi connectivity index (χ0n) is 10.6. The molecular formula is C11H18N2O4. The molecule has 0 aliphatic rings. The lowest BCUT2D eigenvalue weighted by molar-refractivity contribution is -0.150. The molecule has 1 rings (SSSR count). The van der Waals surface area contributed by atoms with Crippen LogP contribution < -0.4 is 0 Å².